The summed E-state index contributed by atoms with van der Waals surface area (Å²) in [6, 6.07) is -1.90. The van der Waals surface area contributed by atoms with E-state index in [9.17, 15) is 22.4 Å². The van der Waals surface area contributed by atoms with E-state index in [1.807, 2.05) is 0 Å². The molecular weight excluding hydrogens is 218 g/mol. The maximum atomic E-state index is 12.9. The van der Waals surface area contributed by atoms with Gasteiger partial charge in [0.1, 0.15) is 0 Å². The van der Waals surface area contributed by atoms with Crippen molar-refractivity contribution in [1.82, 2.24) is 4.90 Å². The number of carbonyl (C=O) groups is 1. The van der Waals surface area contributed by atoms with Crippen LogP contribution in [0.25, 0.3) is 0 Å². The van der Waals surface area contributed by atoms with Gasteiger partial charge in [0.15, 0.2) is 5.57 Å². The quantitative estimate of drug-likeness (QED) is 0.420. The predicted molar refractivity (Wildman–Crippen MR) is 44.5 cm³/mol. The number of hydrogen-bond donors (Lipinski definition) is 0. The fourth-order valence-corrected chi connectivity index (χ4v) is 0.739. The summed E-state index contributed by atoms with van der Waals surface area (Å²) in [6.45, 7) is 1.03. The van der Waals surface area contributed by atoms with Gasteiger partial charge in [0, 0.05) is 14.1 Å². The Balaban J connectivity index is 5.25. The molecule has 0 aromatic rings. The molecule has 0 bridgehead atoms. The molecule has 0 aromatic carbocycles. The lowest BCUT2D eigenvalue weighted by Crippen LogP contribution is -2.32. The van der Waals surface area contributed by atoms with Gasteiger partial charge in [-0.3, -0.25) is 4.79 Å². The van der Waals surface area contributed by atoms with E-state index in [0.717, 1.165) is 14.1 Å². The summed E-state index contributed by atoms with van der Waals surface area (Å²) in [6.07, 6.45) is -5.07. The molecule has 0 heterocycles. The number of amides is 1. The molecule has 15 heavy (non-hydrogen) atoms. The molecule has 0 radical (unpaired) electrons. The minimum absolute atomic E-state index is 0.286. The monoisotopic (exact) mass is 229 g/mol. The van der Waals surface area contributed by atoms with E-state index in [4.69, 9.17) is 0 Å². The first-order valence-electron chi connectivity index (χ1n) is 4.03. The third-order valence-electron chi connectivity index (χ3n) is 1.37. The van der Waals surface area contributed by atoms with Crippen LogP contribution in [-0.2, 0) is 9.53 Å². The zero-order valence-corrected chi connectivity index (χ0v) is 8.48. The van der Waals surface area contributed by atoms with Crippen LogP contribution in [0, 0.1) is 0 Å². The van der Waals surface area contributed by atoms with Crippen molar-refractivity contribution in [3.63, 3.8) is 0 Å². The molecule has 3 nitrogen and oxygen atoms in total. The van der Waals surface area contributed by atoms with Gasteiger partial charge in [0.05, 0.1) is 6.61 Å². The zero-order valence-electron chi connectivity index (χ0n) is 8.48. The summed E-state index contributed by atoms with van der Waals surface area (Å²) in [5, 5.41) is 0. The van der Waals surface area contributed by atoms with Gasteiger partial charge < -0.3 is 9.64 Å². The Kier molecular flexibility index (Phi) is 4.57. The summed E-state index contributed by atoms with van der Waals surface area (Å²) >= 11 is 0. The summed E-state index contributed by atoms with van der Waals surface area (Å²) in [4.78, 5) is 11.7. The second kappa shape index (κ2) is 4.99. The van der Waals surface area contributed by atoms with Crippen molar-refractivity contribution in [2.24, 2.45) is 0 Å². The molecule has 0 spiro atoms. The Hall–Kier alpha value is -1.27. The van der Waals surface area contributed by atoms with Gasteiger partial charge in [-0.25, -0.2) is 0 Å². The van der Waals surface area contributed by atoms with Gasteiger partial charge in [-0.05, 0) is 6.92 Å². The van der Waals surface area contributed by atoms with Crippen molar-refractivity contribution in [3.8, 4) is 0 Å². The molecule has 7 heteroatoms. The smallest absolute Gasteiger partial charge is 0.427 e. The van der Waals surface area contributed by atoms with Crippen molar-refractivity contribution < 1.29 is 27.1 Å². The number of halogens is 4. The number of rotatable bonds is 3. The highest BCUT2D eigenvalue weighted by atomic mass is 19.4. The molecule has 0 aliphatic heterocycles. The largest absolute Gasteiger partial charge is 0.471 e. The van der Waals surface area contributed by atoms with E-state index in [2.05, 4.69) is 4.74 Å². The van der Waals surface area contributed by atoms with Crippen LogP contribution in [0.15, 0.2) is 11.6 Å². The van der Waals surface area contributed by atoms with Crippen molar-refractivity contribution in [2.75, 3.05) is 20.7 Å². The van der Waals surface area contributed by atoms with Crippen molar-refractivity contribution in [1.29, 1.82) is 0 Å². The van der Waals surface area contributed by atoms with Crippen LogP contribution in [-0.4, -0.2) is 37.7 Å². The van der Waals surface area contributed by atoms with E-state index in [0.29, 0.717) is 4.90 Å². The first-order chi connectivity index (χ1) is 6.71. The zero-order chi connectivity index (χ0) is 12.2. The fraction of sp³-hybridized carbons (Fsp3) is 0.625. The van der Waals surface area contributed by atoms with Crippen molar-refractivity contribution >= 4 is 5.91 Å². The Morgan fingerprint density at radius 1 is 1.33 bits per heavy atom. The van der Waals surface area contributed by atoms with Crippen LogP contribution in [0.3, 0.4) is 0 Å². The van der Waals surface area contributed by atoms with Crippen LogP contribution in [0.2, 0.25) is 0 Å². The Bertz CT molecular complexity index is 270. The molecule has 0 aromatic heterocycles. The van der Waals surface area contributed by atoms with Gasteiger partial charge >= 0.3 is 6.18 Å². The molecule has 0 N–H and O–H groups in total. The third kappa shape index (κ3) is 3.77. The minimum atomic E-state index is -5.07. The molecule has 0 aliphatic rings. The molecular formula is C8H11F4NO2. The van der Waals surface area contributed by atoms with Gasteiger partial charge in [0.2, 0.25) is 0 Å². The van der Waals surface area contributed by atoms with E-state index < -0.39 is 23.7 Å². The molecule has 1 amide bonds. The maximum absolute atomic E-state index is 12.9. The maximum Gasteiger partial charge on any atom is 0.427 e. The molecule has 0 fully saturated rings. The van der Waals surface area contributed by atoms with E-state index >= 15 is 0 Å². The second-order valence-corrected chi connectivity index (χ2v) is 2.78. The number of alkyl halides is 3. The highest BCUT2D eigenvalue weighted by Gasteiger charge is 2.44. The molecule has 0 aliphatic carbocycles. The normalized spacial score (nSPS) is 13.3. The highest BCUT2D eigenvalue weighted by molar-refractivity contribution is 5.94. The standard InChI is InChI=1S/C8H11F4NO2/c1-4-15-6(9)5(8(10,11)12)7(14)13(2)3/h4H2,1-3H3/b6-5-. The molecule has 88 valence electrons. The molecule has 0 rings (SSSR count). The average Bonchev–Trinajstić information content (AvgIpc) is 2.01. The van der Waals surface area contributed by atoms with E-state index in [-0.39, 0.29) is 6.61 Å². The number of carbonyl (C=O) groups excluding carboxylic acids is 1. The first-order valence-corrected chi connectivity index (χ1v) is 4.03. The van der Waals surface area contributed by atoms with Gasteiger partial charge in [0.25, 0.3) is 11.9 Å². The van der Waals surface area contributed by atoms with Gasteiger partial charge in [-0.2, -0.15) is 17.6 Å². The second-order valence-electron chi connectivity index (χ2n) is 2.78. The summed E-state index contributed by atoms with van der Waals surface area (Å²) in [7, 11) is 2.18. The summed E-state index contributed by atoms with van der Waals surface area (Å²) < 4.78 is 53.7. The predicted octanol–water partition coefficient (Wildman–Crippen LogP) is 1.85. The lowest BCUT2D eigenvalue weighted by Gasteiger charge is -2.16. The first kappa shape index (κ1) is 13.7. The van der Waals surface area contributed by atoms with Crippen molar-refractivity contribution in [3.05, 3.63) is 11.6 Å². The van der Waals surface area contributed by atoms with Gasteiger partial charge in [-0.1, -0.05) is 0 Å². The van der Waals surface area contributed by atoms with Crippen LogP contribution < -0.4 is 0 Å². The van der Waals surface area contributed by atoms with E-state index in [1.54, 1.807) is 0 Å². The third-order valence-corrected chi connectivity index (χ3v) is 1.37. The summed E-state index contributed by atoms with van der Waals surface area (Å²) in [5.41, 5.74) is -1.92. The molecule has 0 unspecified atom stereocenters. The average molecular weight is 229 g/mol. The molecule has 0 saturated carbocycles. The number of likely N-dealkylation sites (N-methyl/N-ethyl adjacent to an activating group) is 1. The van der Waals surface area contributed by atoms with Crippen LogP contribution in [0.5, 0.6) is 0 Å². The lowest BCUT2D eigenvalue weighted by molar-refractivity contribution is -0.139. The highest BCUT2D eigenvalue weighted by Crippen LogP contribution is 2.30. The van der Waals surface area contributed by atoms with Crippen LogP contribution >= 0.6 is 0 Å². The van der Waals surface area contributed by atoms with Gasteiger partial charge in [-0.15, -0.1) is 0 Å². The van der Waals surface area contributed by atoms with Crippen LogP contribution in [0.1, 0.15) is 6.92 Å². The molecule has 0 atom stereocenters. The number of hydrogen-bond acceptors (Lipinski definition) is 2. The summed E-state index contributed by atoms with van der Waals surface area (Å²) in [5.74, 6) is -1.48. The molecule has 0 saturated heterocycles. The van der Waals surface area contributed by atoms with Crippen LogP contribution in [0.4, 0.5) is 17.6 Å². The number of nitrogens with zero attached hydrogens (tertiary/aromatic N) is 1. The van der Waals surface area contributed by atoms with Crippen molar-refractivity contribution in [2.45, 2.75) is 13.1 Å². The fourth-order valence-electron chi connectivity index (χ4n) is 0.739. The Morgan fingerprint density at radius 3 is 2.07 bits per heavy atom. The Labute approximate surface area is 84.3 Å². The minimum Gasteiger partial charge on any atom is -0.471 e. The number of ether oxygens (including phenoxy) is 1. The van der Waals surface area contributed by atoms with E-state index in [1.165, 1.54) is 6.92 Å². The Morgan fingerprint density at radius 2 is 1.80 bits per heavy atom. The lowest BCUT2D eigenvalue weighted by atomic mass is 10.2. The topological polar surface area (TPSA) is 29.5 Å². The SMILES string of the molecule is CCO/C(F)=C(/C(=O)N(C)C)C(F)(F)F.